The third kappa shape index (κ3) is 1.47. The predicted octanol–water partition coefficient (Wildman–Crippen LogP) is 1.81. The van der Waals surface area contributed by atoms with Crippen molar-refractivity contribution in [3.05, 3.63) is 22.7 Å². The third-order valence-corrected chi connectivity index (χ3v) is 2.38. The van der Waals surface area contributed by atoms with Crippen molar-refractivity contribution in [1.29, 1.82) is 0 Å². The molecule has 0 bridgehead atoms. The Bertz CT molecular complexity index is 376. The van der Waals surface area contributed by atoms with Gasteiger partial charge in [0.1, 0.15) is 0 Å². The van der Waals surface area contributed by atoms with Gasteiger partial charge in [-0.2, -0.15) is 0 Å². The average molecular weight is 197 g/mol. The second-order valence-electron chi connectivity index (χ2n) is 3.09. The number of nitrogen functional groups attached to an aromatic ring is 1. The molecule has 0 unspecified atom stereocenters. The summed E-state index contributed by atoms with van der Waals surface area (Å²) in [4.78, 5) is 11.1. The van der Waals surface area contributed by atoms with Gasteiger partial charge in [0.25, 0.3) is 0 Å². The average Bonchev–Trinajstić information content (AvgIpc) is 2.06. The maximum atomic E-state index is 11.1. The number of amides is 1. The molecule has 0 atom stereocenters. The summed E-state index contributed by atoms with van der Waals surface area (Å²) in [6.45, 7) is 0. The number of fused-ring (bicyclic) bond motifs is 1. The number of halogens is 1. The summed E-state index contributed by atoms with van der Waals surface area (Å²) in [5.74, 6) is 0.0131. The van der Waals surface area contributed by atoms with E-state index in [9.17, 15) is 4.79 Å². The number of hydrogen-bond donors (Lipinski definition) is 2. The van der Waals surface area contributed by atoms with Crippen LogP contribution >= 0.6 is 11.6 Å². The van der Waals surface area contributed by atoms with Crippen molar-refractivity contribution in [2.75, 3.05) is 11.1 Å². The molecule has 0 saturated carbocycles. The lowest BCUT2D eigenvalue weighted by molar-refractivity contribution is -0.116. The second kappa shape index (κ2) is 2.92. The monoisotopic (exact) mass is 196 g/mol. The Morgan fingerprint density at radius 2 is 2.15 bits per heavy atom. The predicted molar refractivity (Wildman–Crippen MR) is 52.8 cm³/mol. The zero-order valence-electron chi connectivity index (χ0n) is 6.93. The highest BCUT2D eigenvalue weighted by Gasteiger charge is 2.17. The molecule has 0 radical (unpaired) electrons. The minimum Gasteiger partial charge on any atom is -0.399 e. The van der Waals surface area contributed by atoms with E-state index < -0.39 is 0 Å². The standard InChI is InChI=1S/C9H9ClN2O/c10-7-4-6(11)3-5-1-2-8(13)12-9(5)7/h3-4H,1-2,11H2,(H,12,13). The highest BCUT2D eigenvalue weighted by molar-refractivity contribution is 6.34. The lowest BCUT2D eigenvalue weighted by Gasteiger charge is -2.18. The molecular formula is C9H9ClN2O. The lowest BCUT2D eigenvalue weighted by atomic mass is 10.0. The zero-order chi connectivity index (χ0) is 9.42. The number of carbonyl (C=O) groups excluding carboxylic acids is 1. The number of nitrogens with one attached hydrogen (secondary N) is 1. The van der Waals surface area contributed by atoms with E-state index in [1.807, 2.05) is 6.07 Å². The van der Waals surface area contributed by atoms with Crippen molar-refractivity contribution >= 4 is 28.9 Å². The van der Waals surface area contributed by atoms with Gasteiger partial charge in [0.2, 0.25) is 5.91 Å². The van der Waals surface area contributed by atoms with Gasteiger partial charge in [-0.15, -0.1) is 0 Å². The van der Waals surface area contributed by atoms with E-state index in [0.717, 1.165) is 5.56 Å². The van der Waals surface area contributed by atoms with Crippen LogP contribution in [0.25, 0.3) is 0 Å². The van der Waals surface area contributed by atoms with Gasteiger partial charge in [-0.25, -0.2) is 0 Å². The zero-order valence-corrected chi connectivity index (χ0v) is 7.69. The maximum Gasteiger partial charge on any atom is 0.224 e. The summed E-state index contributed by atoms with van der Waals surface area (Å²) in [7, 11) is 0. The Morgan fingerprint density at radius 3 is 2.92 bits per heavy atom. The number of anilines is 2. The van der Waals surface area contributed by atoms with E-state index in [1.54, 1.807) is 6.07 Å². The van der Waals surface area contributed by atoms with Crippen LogP contribution in [0.15, 0.2) is 12.1 Å². The Balaban J connectivity index is 2.53. The van der Waals surface area contributed by atoms with Crippen molar-refractivity contribution in [2.24, 2.45) is 0 Å². The van der Waals surface area contributed by atoms with Gasteiger partial charge in [-0.3, -0.25) is 4.79 Å². The molecule has 1 amide bonds. The molecule has 3 nitrogen and oxygen atoms in total. The number of carbonyl (C=O) groups is 1. The first kappa shape index (κ1) is 8.38. The Hall–Kier alpha value is -1.22. The molecule has 1 aliphatic heterocycles. The molecule has 1 aliphatic rings. The summed E-state index contributed by atoms with van der Waals surface area (Å²) in [5.41, 5.74) is 7.99. The lowest BCUT2D eigenvalue weighted by Crippen LogP contribution is -2.19. The van der Waals surface area contributed by atoms with Gasteiger partial charge < -0.3 is 11.1 Å². The Kier molecular flexibility index (Phi) is 1.88. The van der Waals surface area contributed by atoms with E-state index in [-0.39, 0.29) is 5.91 Å². The fourth-order valence-electron chi connectivity index (χ4n) is 1.47. The molecule has 4 heteroatoms. The van der Waals surface area contributed by atoms with Gasteiger partial charge in [0, 0.05) is 12.1 Å². The summed E-state index contributed by atoms with van der Waals surface area (Å²) in [6, 6.07) is 3.49. The highest BCUT2D eigenvalue weighted by Crippen LogP contribution is 2.32. The van der Waals surface area contributed by atoms with Crippen LogP contribution in [-0.2, 0) is 11.2 Å². The molecule has 0 aromatic heterocycles. The van der Waals surface area contributed by atoms with E-state index in [1.165, 1.54) is 0 Å². The van der Waals surface area contributed by atoms with Crippen molar-refractivity contribution in [2.45, 2.75) is 12.8 Å². The maximum absolute atomic E-state index is 11.1. The van der Waals surface area contributed by atoms with Crippen LogP contribution in [0.4, 0.5) is 11.4 Å². The van der Waals surface area contributed by atoms with Crippen LogP contribution in [0, 0.1) is 0 Å². The van der Waals surface area contributed by atoms with Crippen LogP contribution in [0.1, 0.15) is 12.0 Å². The summed E-state index contributed by atoms with van der Waals surface area (Å²) >= 11 is 5.92. The molecule has 0 spiro atoms. The first-order chi connectivity index (χ1) is 6.16. The smallest absolute Gasteiger partial charge is 0.224 e. The fourth-order valence-corrected chi connectivity index (χ4v) is 1.77. The van der Waals surface area contributed by atoms with Gasteiger partial charge in [-0.1, -0.05) is 11.6 Å². The number of aryl methyl sites for hydroxylation is 1. The second-order valence-corrected chi connectivity index (χ2v) is 3.49. The minimum absolute atomic E-state index is 0.0131. The van der Waals surface area contributed by atoms with Gasteiger partial charge in [0.15, 0.2) is 0 Å². The van der Waals surface area contributed by atoms with E-state index >= 15 is 0 Å². The summed E-state index contributed by atoms with van der Waals surface area (Å²) in [5, 5.41) is 3.25. The molecule has 0 aliphatic carbocycles. The number of rotatable bonds is 0. The molecule has 0 saturated heterocycles. The van der Waals surface area contributed by atoms with Crippen LogP contribution in [0.2, 0.25) is 5.02 Å². The topological polar surface area (TPSA) is 55.1 Å². The molecule has 2 rings (SSSR count). The first-order valence-corrected chi connectivity index (χ1v) is 4.42. The normalized spacial score (nSPS) is 15.0. The summed E-state index contributed by atoms with van der Waals surface area (Å²) < 4.78 is 0. The molecule has 3 N–H and O–H groups in total. The first-order valence-electron chi connectivity index (χ1n) is 4.04. The number of nitrogens with two attached hydrogens (primary N) is 1. The van der Waals surface area contributed by atoms with Crippen LogP contribution in [-0.4, -0.2) is 5.91 Å². The number of hydrogen-bond acceptors (Lipinski definition) is 2. The molecule has 68 valence electrons. The Labute approximate surface area is 80.9 Å². The van der Waals surface area contributed by atoms with Crippen molar-refractivity contribution in [3.8, 4) is 0 Å². The highest BCUT2D eigenvalue weighted by atomic mass is 35.5. The van der Waals surface area contributed by atoms with E-state index in [2.05, 4.69) is 5.32 Å². The van der Waals surface area contributed by atoms with Crippen molar-refractivity contribution < 1.29 is 4.79 Å². The van der Waals surface area contributed by atoms with Crippen molar-refractivity contribution in [1.82, 2.24) is 0 Å². The van der Waals surface area contributed by atoms with Crippen LogP contribution in [0.3, 0.4) is 0 Å². The van der Waals surface area contributed by atoms with Crippen molar-refractivity contribution in [3.63, 3.8) is 0 Å². The molecule has 0 fully saturated rings. The molecule has 13 heavy (non-hydrogen) atoms. The molecule has 1 aromatic rings. The van der Waals surface area contributed by atoms with Gasteiger partial charge in [-0.05, 0) is 24.1 Å². The molecular weight excluding hydrogens is 188 g/mol. The van der Waals surface area contributed by atoms with Crippen LogP contribution in [0.5, 0.6) is 0 Å². The van der Waals surface area contributed by atoms with Crippen LogP contribution < -0.4 is 11.1 Å². The summed E-state index contributed by atoms with van der Waals surface area (Å²) in [6.07, 6.45) is 1.22. The largest absolute Gasteiger partial charge is 0.399 e. The Morgan fingerprint density at radius 1 is 1.38 bits per heavy atom. The number of benzene rings is 1. The van der Waals surface area contributed by atoms with E-state index in [0.29, 0.717) is 29.2 Å². The SMILES string of the molecule is Nc1cc(Cl)c2c(c1)CCC(=O)N2. The molecule has 1 heterocycles. The van der Waals surface area contributed by atoms with E-state index in [4.69, 9.17) is 17.3 Å². The fraction of sp³-hybridized carbons (Fsp3) is 0.222. The van der Waals surface area contributed by atoms with Gasteiger partial charge in [0.05, 0.1) is 10.7 Å². The minimum atomic E-state index is 0.0131. The van der Waals surface area contributed by atoms with Gasteiger partial charge >= 0.3 is 0 Å². The third-order valence-electron chi connectivity index (χ3n) is 2.08. The quantitative estimate of drug-likeness (QED) is 0.622. The molecule has 1 aromatic carbocycles.